The van der Waals surface area contributed by atoms with Crippen LogP contribution in [0.2, 0.25) is 0 Å². The summed E-state index contributed by atoms with van der Waals surface area (Å²) in [7, 11) is 0. The van der Waals surface area contributed by atoms with Crippen molar-refractivity contribution in [3.8, 4) is 11.3 Å². The summed E-state index contributed by atoms with van der Waals surface area (Å²) in [6.07, 6.45) is 5.54. The second kappa shape index (κ2) is 10.5. The van der Waals surface area contributed by atoms with Crippen LogP contribution in [0.15, 0.2) is 36.7 Å². The van der Waals surface area contributed by atoms with E-state index in [-0.39, 0.29) is 29.2 Å². The molecule has 0 aliphatic carbocycles. The van der Waals surface area contributed by atoms with Gasteiger partial charge >= 0.3 is 0 Å². The van der Waals surface area contributed by atoms with Gasteiger partial charge in [0.05, 0.1) is 11.7 Å². The third-order valence-corrected chi connectivity index (χ3v) is 8.54. The minimum atomic E-state index is -0.633. The van der Waals surface area contributed by atoms with E-state index in [1.165, 1.54) is 18.9 Å². The fourth-order valence-electron chi connectivity index (χ4n) is 6.59. The van der Waals surface area contributed by atoms with Gasteiger partial charge in [0, 0.05) is 49.0 Å². The van der Waals surface area contributed by atoms with Gasteiger partial charge in [-0.15, -0.1) is 0 Å². The van der Waals surface area contributed by atoms with E-state index in [1.54, 1.807) is 6.07 Å². The fraction of sp³-hybridized carbons (Fsp3) is 0.467. The summed E-state index contributed by atoms with van der Waals surface area (Å²) in [5.41, 5.74) is 2.35. The maximum Gasteiger partial charge on any atom is 0.229 e. The molecule has 0 spiro atoms. The number of hydrogen-bond acceptors (Lipinski definition) is 7. The lowest BCUT2D eigenvalue weighted by Gasteiger charge is -2.43. The number of anilines is 2. The Morgan fingerprint density at radius 1 is 0.975 bits per heavy atom. The Bertz CT molecular complexity index is 1520. The molecule has 3 unspecified atom stereocenters. The molecular weight excluding hydrogens is 510 g/mol. The molecule has 6 rings (SSSR count). The lowest BCUT2D eigenvalue weighted by molar-refractivity contribution is 0.0485. The summed E-state index contributed by atoms with van der Waals surface area (Å²) >= 11 is 0. The lowest BCUT2D eigenvalue weighted by atomic mass is 10.1. The molecule has 8 nitrogen and oxygen atoms in total. The van der Waals surface area contributed by atoms with Gasteiger partial charge in [0.1, 0.15) is 22.9 Å². The highest BCUT2D eigenvalue weighted by atomic mass is 19.1. The zero-order chi connectivity index (χ0) is 28.1. The SMILES string of the molecule is CCN1C2CCC1CN(C(C)c1ccc(Nc3ncc(F)c(-c4cc(F)c5nc(C)n(C(C)C)c5c4)n3)nc1)C2. The normalized spacial score (nSPS) is 20.5. The largest absolute Gasteiger partial charge is 0.326 e. The molecule has 0 amide bonds. The number of nitrogens with zero attached hydrogens (tertiary/aromatic N) is 7. The van der Waals surface area contributed by atoms with Crippen LogP contribution in [0.3, 0.4) is 0 Å². The molecule has 2 bridgehead atoms. The number of pyridine rings is 1. The Morgan fingerprint density at radius 2 is 1.73 bits per heavy atom. The summed E-state index contributed by atoms with van der Waals surface area (Å²) in [5, 5.41) is 3.08. The molecule has 5 heterocycles. The molecule has 0 saturated carbocycles. The minimum Gasteiger partial charge on any atom is -0.326 e. The number of likely N-dealkylation sites (tertiary alicyclic amines) is 1. The Balaban J connectivity index is 1.21. The Kier molecular flexibility index (Phi) is 7.00. The van der Waals surface area contributed by atoms with Gasteiger partial charge < -0.3 is 9.88 Å². The van der Waals surface area contributed by atoms with Crippen molar-refractivity contribution < 1.29 is 8.78 Å². The molecular formula is C30H36F2N8. The Labute approximate surface area is 233 Å². The van der Waals surface area contributed by atoms with E-state index in [1.807, 2.05) is 37.6 Å². The zero-order valence-electron chi connectivity index (χ0n) is 23.7. The number of rotatable bonds is 7. The van der Waals surface area contributed by atoms with E-state index < -0.39 is 11.6 Å². The quantitative estimate of drug-likeness (QED) is 0.303. The van der Waals surface area contributed by atoms with Gasteiger partial charge in [0.15, 0.2) is 11.6 Å². The smallest absolute Gasteiger partial charge is 0.229 e. The van der Waals surface area contributed by atoms with E-state index in [0.717, 1.165) is 31.4 Å². The number of benzene rings is 1. The molecule has 2 aliphatic rings. The molecule has 4 aromatic rings. The van der Waals surface area contributed by atoms with E-state index >= 15 is 4.39 Å². The zero-order valence-corrected chi connectivity index (χ0v) is 23.7. The maximum atomic E-state index is 15.0. The number of piperazine rings is 1. The first-order valence-electron chi connectivity index (χ1n) is 14.2. The van der Waals surface area contributed by atoms with Crippen molar-refractivity contribution >= 4 is 22.8 Å². The summed E-state index contributed by atoms with van der Waals surface area (Å²) in [4.78, 5) is 22.7. The first-order chi connectivity index (χ1) is 19.2. The second-order valence-electron chi connectivity index (χ2n) is 11.3. The number of nitrogens with one attached hydrogen (secondary N) is 1. The van der Waals surface area contributed by atoms with Gasteiger partial charge in [0.2, 0.25) is 5.95 Å². The molecule has 40 heavy (non-hydrogen) atoms. The summed E-state index contributed by atoms with van der Waals surface area (Å²) < 4.78 is 31.8. The van der Waals surface area contributed by atoms with Crippen molar-refractivity contribution in [2.75, 3.05) is 25.0 Å². The van der Waals surface area contributed by atoms with Crippen molar-refractivity contribution in [1.82, 2.24) is 34.3 Å². The van der Waals surface area contributed by atoms with Crippen LogP contribution < -0.4 is 5.32 Å². The number of likely N-dealkylation sites (N-methyl/N-ethyl adjacent to an activating group) is 1. The highest BCUT2D eigenvalue weighted by Crippen LogP contribution is 2.34. The number of aromatic nitrogens is 5. The molecule has 3 aromatic heterocycles. The molecule has 10 heteroatoms. The molecule has 1 N–H and O–H groups in total. The van der Waals surface area contributed by atoms with Crippen LogP contribution in [0.25, 0.3) is 22.3 Å². The van der Waals surface area contributed by atoms with Crippen LogP contribution >= 0.6 is 0 Å². The molecule has 2 saturated heterocycles. The molecule has 0 radical (unpaired) electrons. The monoisotopic (exact) mass is 546 g/mol. The average Bonchev–Trinajstić information content (AvgIpc) is 3.41. The van der Waals surface area contributed by atoms with Gasteiger partial charge in [-0.3, -0.25) is 9.80 Å². The Hall–Kier alpha value is -3.50. The minimum absolute atomic E-state index is 0.0125. The van der Waals surface area contributed by atoms with E-state index in [0.29, 0.717) is 34.8 Å². The number of imidazole rings is 1. The number of fused-ring (bicyclic) bond motifs is 3. The standard InChI is InChI=1S/C30H36F2N8/c1-6-39-22-8-9-23(39)16-38(15-22)18(4)20-7-10-27(33-13-20)36-30-34-14-25(32)28(37-30)21-11-24(31)29-26(12-21)40(17(2)3)19(5)35-29/h7,10-14,17-18,22-23H,6,8-9,15-16H2,1-5H3,(H,33,34,36,37). The fourth-order valence-corrected chi connectivity index (χ4v) is 6.59. The average molecular weight is 547 g/mol. The first kappa shape index (κ1) is 26.7. The highest BCUT2D eigenvalue weighted by Gasteiger charge is 2.40. The van der Waals surface area contributed by atoms with Crippen LogP contribution in [0.4, 0.5) is 20.5 Å². The topological polar surface area (TPSA) is 75.0 Å². The predicted molar refractivity (Wildman–Crippen MR) is 152 cm³/mol. The highest BCUT2D eigenvalue weighted by molar-refractivity contribution is 5.83. The molecule has 1 aromatic carbocycles. The summed E-state index contributed by atoms with van der Waals surface area (Å²) in [6.45, 7) is 13.6. The maximum absolute atomic E-state index is 15.0. The van der Waals surface area contributed by atoms with Gasteiger partial charge in [-0.2, -0.15) is 0 Å². The third kappa shape index (κ3) is 4.73. The van der Waals surface area contributed by atoms with Crippen molar-refractivity contribution in [3.63, 3.8) is 0 Å². The third-order valence-electron chi connectivity index (χ3n) is 8.54. The van der Waals surface area contributed by atoms with Crippen molar-refractivity contribution in [2.24, 2.45) is 0 Å². The van der Waals surface area contributed by atoms with Crippen LogP contribution in [0.1, 0.15) is 64.0 Å². The second-order valence-corrected chi connectivity index (χ2v) is 11.3. The number of halogens is 2. The van der Waals surface area contributed by atoms with Crippen molar-refractivity contribution in [2.45, 2.75) is 71.6 Å². The van der Waals surface area contributed by atoms with Gasteiger partial charge in [0.25, 0.3) is 0 Å². The van der Waals surface area contributed by atoms with Crippen LogP contribution in [-0.2, 0) is 0 Å². The molecule has 210 valence electrons. The summed E-state index contributed by atoms with van der Waals surface area (Å²) in [6, 6.07) is 8.60. The molecule has 2 fully saturated rings. The summed E-state index contributed by atoms with van der Waals surface area (Å²) in [5.74, 6) is 0.292. The van der Waals surface area contributed by atoms with Crippen LogP contribution in [-0.4, -0.2) is 66.0 Å². The van der Waals surface area contributed by atoms with E-state index in [2.05, 4.69) is 55.0 Å². The number of hydrogen-bond donors (Lipinski definition) is 1. The molecule has 2 aliphatic heterocycles. The van der Waals surface area contributed by atoms with Crippen molar-refractivity contribution in [3.05, 3.63) is 59.7 Å². The number of aryl methyl sites for hydroxylation is 1. The predicted octanol–water partition coefficient (Wildman–Crippen LogP) is 6.03. The van der Waals surface area contributed by atoms with Gasteiger partial charge in [-0.05, 0) is 70.8 Å². The van der Waals surface area contributed by atoms with Gasteiger partial charge in [-0.1, -0.05) is 13.0 Å². The van der Waals surface area contributed by atoms with Gasteiger partial charge in [-0.25, -0.2) is 28.7 Å². The first-order valence-corrected chi connectivity index (χ1v) is 14.2. The molecule has 3 atom stereocenters. The Morgan fingerprint density at radius 3 is 2.38 bits per heavy atom. The van der Waals surface area contributed by atoms with Crippen molar-refractivity contribution in [1.29, 1.82) is 0 Å². The lowest BCUT2D eigenvalue weighted by Crippen LogP contribution is -2.53. The van der Waals surface area contributed by atoms with Crippen LogP contribution in [0.5, 0.6) is 0 Å². The van der Waals surface area contributed by atoms with E-state index in [4.69, 9.17) is 0 Å². The van der Waals surface area contributed by atoms with E-state index in [9.17, 15) is 4.39 Å². The van der Waals surface area contributed by atoms with Crippen LogP contribution in [0, 0.1) is 18.6 Å².